The molecule has 15 nitrogen and oxygen atoms in total. The van der Waals surface area contributed by atoms with E-state index in [-0.39, 0.29) is 48.9 Å². The highest BCUT2D eigenvalue weighted by atomic mass is 32.1. The Morgan fingerprint density at radius 3 is 2.51 bits per heavy atom. The molecule has 4 N–H and O–H groups in total. The van der Waals surface area contributed by atoms with Crippen LogP contribution in [0.1, 0.15) is 53.7 Å². The van der Waals surface area contributed by atoms with E-state index in [0.29, 0.717) is 65.7 Å². The fraction of sp³-hybridized carbons (Fsp3) is 0.341. The normalized spacial score (nSPS) is 17.7. The van der Waals surface area contributed by atoms with Gasteiger partial charge in [-0.15, -0.1) is 21.5 Å². The number of likely N-dealkylation sites (tertiary alicyclic amines) is 1. The number of rotatable bonds is 10. The van der Waals surface area contributed by atoms with E-state index in [9.17, 15) is 24.6 Å². The summed E-state index contributed by atoms with van der Waals surface area (Å²) in [6, 6.07) is 19.3. The lowest BCUT2D eigenvalue weighted by atomic mass is 9.91. The number of amides is 3. The molecule has 6 aromatic rings. The minimum absolute atomic E-state index is 0.0424. The average Bonchev–Trinajstić information content (AvgIpc) is 4.04. The van der Waals surface area contributed by atoms with Crippen molar-refractivity contribution in [3.8, 4) is 27.4 Å². The van der Waals surface area contributed by atoms with Crippen LogP contribution in [0.2, 0.25) is 0 Å². The van der Waals surface area contributed by atoms with E-state index < -0.39 is 18.1 Å². The fourth-order valence-corrected chi connectivity index (χ4v) is 8.45. The van der Waals surface area contributed by atoms with Gasteiger partial charge in [-0.1, -0.05) is 55.4 Å². The maximum atomic E-state index is 14.2. The van der Waals surface area contributed by atoms with E-state index >= 15 is 0 Å². The lowest BCUT2D eigenvalue weighted by Crippen LogP contribution is -2.49. The third-order valence-electron chi connectivity index (χ3n) is 10.7. The van der Waals surface area contributed by atoms with Gasteiger partial charge in [0.05, 0.1) is 27.9 Å². The van der Waals surface area contributed by atoms with Gasteiger partial charge in [0.1, 0.15) is 23.4 Å². The van der Waals surface area contributed by atoms with E-state index in [1.165, 1.54) is 4.90 Å². The summed E-state index contributed by atoms with van der Waals surface area (Å²) in [6.45, 7) is 7.96. The molecule has 2 fully saturated rings. The number of thiazole rings is 1. The minimum Gasteiger partial charge on any atom is -0.507 e. The first-order valence-corrected chi connectivity index (χ1v) is 19.8. The first-order valence-electron chi connectivity index (χ1n) is 19.0. The number of piperazine rings is 1. The highest BCUT2D eigenvalue weighted by Crippen LogP contribution is 2.34. The fourth-order valence-electron chi connectivity index (χ4n) is 7.63. The summed E-state index contributed by atoms with van der Waals surface area (Å²) in [6.07, 6.45) is -0.691. The molecule has 0 bridgehead atoms. The van der Waals surface area contributed by atoms with Crippen LogP contribution >= 0.6 is 11.3 Å². The van der Waals surface area contributed by atoms with Gasteiger partial charge in [0.2, 0.25) is 11.8 Å². The maximum absolute atomic E-state index is 14.2. The van der Waals surface area contributed by atoms with Crippen molar-refractivity contribution >= 4 is 45.9 Å². The lowest BCUT2D eigenvalue weighted by molar-refractivity contribution is -0.141. The number of carbonyl (C=O) groups excluding carboxylic acids is 3. The summed E-state index contributed by atoms with van der Waals surface area (Å²) < 4.78 is 5.80. The summed E-state index contributed by atoms with van der Waals surface area (Å²) in [5, 5.41) is 37.3. The Balaban J connectivity index is 0.887. The first kappa shape index (κ1) is 37.8. The number of para-hydroxylation sites is 1. The third-order valence-corrected chi connectivity index (χ3v) is 11.7. The van der Waals surface area contributed by atoms with Gasteiger partial charge in [-0.2, -0.15) is 0 Å². The molecule has 0 radical (unpaired) electrons. The van der Waals surface area contributed by atoms with Gasteiger partial charge in [-0.3, -0.25) is 14.4 Å². The number of aromatic hydroxyl groups is 1. The van der Waals surface area contributed by atoms with Crippen LogP contribution in [-0.2, 0) is 16.1 Å². The van der Waals surface area contributed by atoms with Gasteiger partial charge in [-0.05, 0) is 48.2 Å². The summed E-state index contributed by atoms with van der Waals surface area (Å²) in [4.78, 5) is 54.9. The number of H-pyrrole nitrogens is 1. The molecule has 2 aliphatic rings. The summed E-state index contributed by atoms with van der Waals surface area (Å²) in [7, 11) is 0. The lowest BCUT2D eigenvalue weighted by Gasteiger charge is -2.34. The highest BCUT2D eigenvalue weighted by molar-refractivity contribution is 7.13. The topological polar surface area (TPSA) is 194 Å². The van der Waals surface area contributed by atoms with Crippen LogP contribution in [0.3, 0.4) is 0 Å². The molecule has 0 unspecified atom stereocenters. The number of hydrogen-bond donors (Lipinski definition) is 4. The number of nitrogens with one attached hydrogen (secondary N) is 2. The molecule has 0 saturated carbocycles. The second-order valence-electron chi connectivity index (χ2n) is 14.9. The first-order chi connectivity index (χ1) is 27.5. The molecule has 294 valence electrons. The zero-order chi connectivity index (χ0) is 39.8. The average molecular weight is 790 g/mol. The molecule has 2 aliphatic heterocycles. The molecule has 3 atom stereocenters. The zero-order valence-corrected chi connectivity index (χ0v) is 32.6. The van der Waals surface area contributed by atoms with Gasteiger partial charge in [0.25, 0.3) is 5.91 Å². The number of aromatic amines is 1. The largest absolute Gasteiger partial charge is 0.507 e. The number of carbonyl (C=O) groups is 3. The number of aliphatic hydroxyl groups excluding tert-OH is 1. The maximum Gasteiger partial charge on any atom is 0.270 e. The van der Waals surface area contributed by atoms with Crippen molar-refractivity contribution < 1.29 is 29.1 Å². The summed E-state index contributed by atoms with van der Waals surface area (Å²) >= 11 is 1.58. The van der Waals surface area contributed by atoms with Crippen LogP contribution in [0, 0.1) is 12.8 Å². The highest BCUT2D eigenvalue weighted by Gasteiger charge is 2.43. The number of phenols is 1. The van der Waals surface area contributed by atoms with Crippen molar-refractivity contribution in [1.29, 1.82) is 0 Å². The molecular formula is C41H43N9O6S. The van der Waals surface area contributed by atoms with Crippen molar-refractivity contribution in [2.24, 2.45) is 5.92 Å². The van der Waals surface area contributed by atoms with Crippen molar-refractivity contribution in [3.05, 3.63) is 95.0 Å². The smallest absolute Gasteiger partial charge is 0.270 e. The number of aromatic nitrogens is 5. The Labute approximate surface area is 332 Å². The summed E-state index contributed by atoms with van der Waals surface area (Å²) in [5.41, 5.74) is 6.68. The van der Waals surface area contributed by atoms with Gasteiger partial charge >= 0.3 is 0 Å². The SMILES string of the molecule is Cc1ncsc1-c1ccc(CNC(=O)[C@@H]2C[C@@H](O)CN2C(=O)[C@H](c2cc(N3CCN(C(=O)c4cc5cc(-c6ccccc6O)nnc5[nH]4)CC3)no2)C(C)C)cc1. The molecule has 3 amide bonds. The number of benzene rings is 2. The number of aryl methyl sites for hydroxylation is 1. The molecule has 0 spiro atoms. The van der Waals surface area contributed by atoms with E-state index in [4.69, 9.17) is 4.52 Å². The number of β-amino-alcohol motifs (C(OH)–C–C–N with tert-alkyl or cyclic N) is 1. The third kappa shape index (κ3) is 7.69. The monoisotopic (exact) mass is 789 g/mol. The van der Waals surface area contributed by atoms with Gasteiger partial charge in [0.15, 0.2) is 17.2 Å². The minimum atomic E-state index is -0.831. The van der Waals surface area contributed by atoms with E-state index in [0.717, 1.165) is 21.7 Å². The Bertz CT molecular complexity index is 2420. The van der Waals surface area contributed by atoms with Crippen LogP contribution in [0.25, 0.3) is 32.7 Å². The molecule has 0 aliphatic carbocycles. The second kappa shape index (κ2) is 15.8. The van der Waals surface area contributed by atoms with Crippen LogP contribution in [0.5, 0.6) is 5.75 Å². The second-order valence-corrected chi connectivity index (χ2v) is 15.8. The van der Waals surface area contributed by atoms with E-state index in [1.807, 2.05) is 55.4 Å². The molecule has 16 heteroatoms. The number of aliphatic hydroxyl groups is 1. The van der Waals surface area contributed by atoms with Crippen molar-refractivity contribution in [2.45, 2.75) is 51.8 Å². The number of phenolic OH excluding ortho intramolecular Hbond substituents is 1. The summed E-state index contributed by atoms with van der Waals surface area (Å²) in [5.74, 6) is -0.692. The van der Waals surface area contributed by atoms with Crippen LogP contribution < -0.4 is 10.2 Å². The molecule has 6 heterocycles. The van der Waals surface area contributed by atoms with Crippen LogP contribution in [-0.4, -0.2) is 108 Å². The number of hydrogen-bond acceptors (Lipinski definition) is 12. The van der Waals surface area contributed by atoms with Crippen LogP contribution in [0.4, 0.5) is 5.82 Å². The van der Waals surface area contributed by atoms with E-state index in [2.05, 4.69) is 30.6 Å². The van der Waals surface area contributed by atoms with E-state index in [1.54, 1.807) is 58.7 Å². The standard InChI is InChI=1S/C41H43N9O6S/c1-23(2)36(41(55)50-21-28(51)18-32(50)39(53)42-20-25-8-10-26(11-9-25)37-24(3)43-22-57-37)34-19-35(47-56-34)48-12-14-49(15-13-48)40(54)31-17-27-16-30(45-46-38(27)44-31)29-6-4-5-7-33(29)52/h4-11,16-17,19,22-23,28,32,36,51-52H,12-15,18,20-21H2,1-3H3,(H,42,53)(H,44,46)/t28-,32+,36+/m1/s1. The predicted octanol–water partition coefficient (Wildman–Crippen LogP) is 4.73. The Morgan fingerprint density at radius 2 is 1.79 bits per heavy atom. The molecule has 57 heavy (non-hydrogen) atoms. The molecule has 4 aromatic heterocycles. The van der Waals surface area contributed by atoms with Gasteiger partial charge < -0.3 is 39.7 Å². The predicted molar refractivity (Wildman–Crippen MR) is 213 cm³/mol. The number of nitrogens with zero attached hydrogens (tertiary/aromatic N) is 7. The quantitative estimate of drug-likeness (QED) is 0.150. The molecular weight excluding hydrogens is 747 g/mol. The Hall–Kier alpha value is -6.13. The molecule has 2 saturated heterocycles. The zero-order valence-electron chi connectivity index (χ0n) is 31.8. The van der Waals surface area contributed by atoms with Crippen LogP contribution in [0.15, 0.2) is 76.8 Å². The van der Waals surface area contributed by atoms with Crippen molar-refractivity contribution in [3.63, 3.8) is 0 Å². The number of anilines is 1. The number of fused-ring (bicyclic) bond motifs is 1. The molecule has 2 aromatic carbocycles. The van der Waals surface area contributed by atoms with Crippen molar-refractivity contribution in [2.75, 3.05) is 37.6 Å². The van der Waals surface area contributed by atoms with Gasteiger partial charge in [-0.25, -0.2) is 4.98 Å². The Kier molecular flexibility index (Phi) is 10.5. The Morgan fingerprint density at radius 1 is 1.02 bits per heavy atom. The van der Waals surface area contributed by atoms with Gasteiger partial charge in [0, 0.05) is 62.7 Å². The van der Waals surface area contributed by atoms with Crippen molar-refractivity contribution in [1.82, 2.24) is 40.4 Å². The molecule has 8 rings (SSSR count).